The fourth-order valence-corrected chi connectivity index (χ4v) is 3.39. The number of aromatic nitrogens is 1. The molecule has 1 aliphatic rings. The van der Waals surface area contributed by atoms with Crippen molar-refractivity contribution in [2.45, 2.75) is 29.6 Å². The summed E-state index contributed by atoms with van der Waals surface area (Å²) in [5.74, 6) is -2.62. The lowest BCUT2D eigenvalue weighted by atomic mass is 9.94. The van der Waals surface area contributed by atoms with Crippen LogP contribution < -0.4 is 0 Å². The lowest BCUT2D eigenvalue weighted by Gasteiger charge is -2.51. The lowest BCUT2D eigenvalue weighted by molar-refractivity contribution is -0.166. The Morgan fingerprint density at radius 1 is 1.36 bits per heavy atom. The number of carbonyl (C=O) groups is 2. The molecule has 1 aliphatic heterocycles. The van der Waals surface area contributed by atoms with E-state index in [1.807, 2.05) is 0 Å². The molecule has 22 heavy (non-hydrogen) atoms. The van der Waals surface area contributed by atoms with Crippen molar-refractivity contribution < 1.29 is 24.9 Å². The molecule has 10 heteroatoms. The number of nitrogens with zero attached hydrogens (tertiary/aromatic N) is 2. The van der Waals surface area contributed by atoms with Crippen LogP contribution in [0.4, 0.5) is 0 Å². The third kappa shape index (κ3) is 2.21. The minimum absolute atomic E-state index is 0.0781. The molecule has 0 bridgehead atoms. The van der Waals surface area contributed by atoms with E-state index < -0.39 is 27.7 Å². The molecule has 1 amide bonds. The molecule has 0 aromatic carbocycles. The minimum atomic E-state index is -2.05. The van der Waals surface area contributed by atoms with E-state index in [4.69, 9.17) is 22.3 Å². The largest absolute Gasteiger partial charge is 0.494 e. The quantitative estimate of drug-likeness (QED) is 0.417. The minimum Gasteiger partial charge on any atom is -0.494 e. The standard InChI is InChI=1S/C12H14Cl2N2O5S/c1-11(2,22-14)12(13,10(20)21)15-5-6(9(15)19)16-7(17)3-4-8(16)18/h3-4,6,17-18H,5H2,1-2H3,(H,20,21). The number of carboxylic acids is 1. The number of carboxylic acid groups (broad SMARTS) is 1. The third-order valence-corrected chi connectivity index (χ3v) is 6.53. The lowest BCUT2D eigenvalue weighted by Crippen LogP contribution is -2.70. The van der Waals surface area contributed by atoms with Gasteiger partial charge in [0, 0.05) is 12.1 Å². The first-order valence-corrected chi connectivity index (χ1v) is 8.22. The number of β-lactam (4-membered cyclic amide) rings is 1. The number of likely N-dealkylation sites (tertiary alicyclic amines) is 1. The maximum absolute atomic E-state index is 12.4. The van der Waals surface area contributed by atoms with Gasteiger partial charge in [0.1, 0.15) is 6.04 Å². The number of hydrogen-bond donors (Lipinski definition) is 3. The van der Waals surface area contributed by atoms with Crippen molar-refractivity contribution in [3.8, 4) is 11.8 Å². The van der Waals surface area contributed by atoms with Crippen LogP contribution in [0.25, 0.3) is 0 Å². The fraction of sp³-hybridized carbons (Fsp3) is 0.500. The highest BCUT2D eigenvalue weighted by molar-refractivity contribution is 8.22. The average molecular weight is 369 g/mol. The van der Waals surface area contributed by atoms with Crippen molar-refractivity contribution in [3.63, 3.8) is 0 Å². The molecule has 122 valence electrons. The molecule has 7 nitrogen and oxygen atoms in total. The molecule has 0 spiro atoms. The van der Waals surface area contributed by atoms with Gasteiger partial charge >= 0.3 is 5.97 Å². The van der Waals surface area contributed by atoms with Crippen LogP contribution in [0.1, 0.15) is 19.9 Å². The summed E-state index contributed by atoms with van der Waals surface area (Å²) in [7, 11) is 6.43. The van der Waals surface area contributed by atoms with Crippen molar-refractivity contribution in [1.29, 1.82) is 0 Å². The smallest absolute Gasteiger partial charge is 0.346 e. The van der Waals surface area contributed by atoms with Gasteiger partial charge in [0.2, 0.25) is 10.9 Å². The van der Waals surface area contributed by atoms with Crippen LogP contribution in [-0.2, 0) is 9.59 Å². The summed E-state index contributed by atoms with van der Waals surface area (Å²) in [5.41, 5.74) is 0. The maximum atomic E-state index is 12.4. The average Bonchev–Trinajstić information content (AvgIpc) is 2.77. The van der Waals surface area contributed by atoms with Crippen molar-refractivity contribution in [2.24, 2.45) is 0 Å². The number of carbonyl (C=O) groups excluding carboxylic acids is 1. The van der Waals surface area contributed by atoms with Crippen LogP contribution >= 0.6 is 33.3 Å². The Bertz CT molecular complexity index is 616. The van der Waals surface area contributed by atoms with Crippen molar-refractivity contribution >= 4 is 45.1 Å². The molecule has 1 fully saturated rings. The second kappa shape index (κ2) is 5.43. The first-order valence-electron chi connectivity index (χ1n) is 6.20. The van der Waals surface area contributed by atoms with Crippen molar-refractivity contribution in [2.75, 3.05) is 6.54 Å². The van der Waals surface area contributed by atoms with Crippen molar-refractivity contribution in [1.82, 2.24) is 9.47 Å². The first-order chi connectivity index (χ1) is 10.1. The van der Waals surface area contributed by atoms with Crippen LogP contribution in [0.15, 0.2) is 12.1 Å². The number of halogens is 2. The molecule has 2 atom stereocenters. The highest BCUT2D eigenvalue weighted by Gasteiger charge is 2.62. The fourth-order valence-electron chi connectivity index (χ4n) is 2.37. The summed E-state index contributed by atoms with van der Waals surface area (Å²) >= 11 is 6.23. The molecule has 0 aliphatic carbocycles. The molecule has 1 aromatic rings. The van der Waals surface area contributed by atoms with Gasteiger partial charge < -0.3 is 20.2 Å². The van der Waals surface area contributed by atoms with E-state index in [0.717, 1.165) is 9.47 Å². The number of rotatable bonds is 5. The maximum Gasteiger partial charge on any atom is 0.346 e. The summed E-state index contributed by atoms with van der Waals surface area (Å²) in [6.07, 6.45) is 0. The molecular weight excluding hydrogens is 355 g/mol. The predicted molar refractivity (Wildman–Crippen MR) is 82.3 cm³/mol. The summed E-state index contributed by atoms with van der Waals surface area (Å²) in [6, 6.07) is 1.55. The highest BCUT2D eigenvalue weighted by atomic mass is 35.7. The topological polar surface area (TPSA) is 103 Å². The van der Waals surface area contributed by atoms with Gasteiger partial charge in [-0.1, -0.05) is 11.6 Å². The second-order valence-electron chi connectivity index (χ2n) is 5.40. The third-order valence-electron chi connectivity index (χ3n) is 3.74. The summed E-state index contributed by atoms with van der Waals surface area (Å²) in [4.78, 5) is 22.9. The number of aromatic hydroxyl groups is 2. The van der Waals surface area contributed by atoms with Gasteiger partial charge in [-0.15, -0.1) is 0 Å². The highest BCUT2D eigenvalue weighted by Crippen LogP contribution is 2.49. The Morgan fingerprint density at radius 2 is 1.86 bits per heavy atom. The second-order valence-corrected chi connectivity index (χ2v) is 7.58. The number of hydrogen-bond acceptors (Lipinski definition) is 5. The zero-order chi connectivity index (χ0) is 16.9. The molecule has 0 radical (unpaired) electrons. The molecule has 2 heterocycles. The zero-order valence-corrected chi connectivity index (χ0v) is 14.0. The van der Waals surface area contributed by atoms with Gasteiger partial charge in [-0.3, -0.25) is 9.36 Å². The normalized spacial score (nSPS) is 21.4. The van der Waals surface area contributed by atoms with E-state index in [1.165, 1.54) is 26.0 Å². The van der Waals surface area contributed by atoms with Gasteiger partial charge in [0.15, 0.2) is 11.8 Å². The molecule has 3 N–H and O–H groups in total. The summed E-state index contributed by atoms with van der Waals surface area (Å²) in [6.45, 7) is 2.94. The van der Waals surface area contributed by atoms with Gasteiger partial charge in [-0.2, -0.15) is 0 Å². The molecule has 1 saturated heterocycles. The van der Waals surface area contributed by atoms with Crippen molar-refractivity contribution in [3.05, 3.63) is 12.1 Å². The Hall–Kier alpha value is -1.25. The van der Waals surface area contributed by atoms with E-state index in [9.17, 15) is 24.9 Å². The summed E-state index contributed by atoms with van der Waals surface area (Å²) < 4.78 is -0.165. The van der Waals surface area contributed by atoms with E-state index in [1.54, 1.807) is 0 Å². The molecule has 0 saturated carbocycles. The predicted octanol–water partition coefficient (Wildman–Crippen LogP) is 1.97. The number of aliphatic carboxylic acids is 1. The zero-order valence-electron chi connectivity index (χ0n) is 11.7. The molecule has 2 unspecified atom stereocenters. The molecular formula is C12H14Cl2N2O5S. The van der Waals surface area contributed by atoms with Crippen LogP contribution in [0, 0.1) is 0 Å². The van der Waals surface area contributed by atoms with Gasteiger partial charge in [-0.05, 0) is 35.5 Å². The number of alkyl halides is 1. The Kier molecular flexibility index (Phi) is 4.23. The van der Waals surface area contributed by atoms with E-state index in [2.05, 4.69) is 0 Å². The summed E-state index contributed by atoms with van der Waals surface area (Å²) in [5, 5.41) is 28.8. The SMILES string of the molecule is CC(C)(SCl)C(Cl)(C(=O)O)N1CC(n2c(O)ccc2O)C1=O. The van der Waals surface area contributed by atoms with Gasteiger partial charge in [0.05, 0.1) is 11.3 Å². The van der Waals surface area contributed by atoms with E-state index >= 15 is 0 Å². The van der Waals surface area contributed by atoms with Gasteiger partial charge in [0.25, 0.3) is 0 Å². The monoisotopic (exact) mass is 368 g/mol. The van der Waals surface area contributed by atoms with E-state index in [-0.39, 0.29) is 18.3 Å². The van der Waals surface area contributed by atoms with E-state index in [0.29, 0.717) is 11.0 Å². The van der Waals surface area contributed by atoms with Crippen LogP contribution in [-0.4, -0.2) is 53.0 Å². The van der Waals surface area contributed by atoms with Crippen LogP contribution in [0.3, 0.4) is 0 Å². The molecule has 2 rings (SSSR count). The number of amides is 1. The Balaban J connectivity index is 2.33. The Morgan fingerprint density at radius 3 is 2.23 bits per heavy atom. The van der Waals surface area contributed by atoms with Crippen LogP contribution in [0.5, 0.6) is 11.8 Å². The van der Waals surface area contributed by atoms with Crippen LogP contribution in [0.2, 0.25) is 0 Å². The Labute approximate surface area is 139 Å². The first kappa shape index (κ1) is 17.1. The molecule has 1 aromatic heterocycles. The van der Waals surface area contributed by atoms with Gasteiger partial charge in [-0.25, -0.2) is 4.79 Å².